The SMILES string of the molecule is Cc1cc2c(NCCCc3ccc(-c4ccc(OCF)cc4)cc3)nc(C(C)C)nc2s1. The number of aromatic nitrogens is 2. The van der Waals surface area contributed by atoms with Crippen LogP contribution in [0.2, 0.25) is 0 Å². The quantitative estimate of drug-likeness (QED) is 0.276. The van der Waals surface area contributed by atoms with Gasteiger partial charge in [0.1, 0.15) is 22.2 Å². The van der Waals surface area contributed by atoms with Crippen LogP contribution in [0.15, 0.2) is 54.6 Å². The first-order valence-corrected chi connectivity index (χ1v) is 11.7. The first-order chi connectivity index (χ1) is 15.5. The highest BCUT2D eigenvalue weighted by atomic mass is 32.1. The van der Waals surface area contributed by atoms with Crippen molar-refractivity contribution in [2.45, 2.75) is 39.5 Å². The van der Waals surface area contributed by atoms with E-state index >= 15 is 0 Å². The first-order valence-electron chi connectivity index (χ1n) is 10.9. The minimum atomic E-state index is -0.809. The van der Waals surface area contributed by atoms with Crippen LogP contribution in [0.1, 0.15) is 42.5 Å². The topological polar surface area (TPSA) is 47.0 Å². The van der Waals surface area contributed by atoms with Gasteiger partial charge in [-0.2, -0.15) is 0 Å². The lowest BCUT2D eigenvalue weighted by Crippen LogP contribution is -2.08. The van der Waals surface area contributed by atoms with Crippen molar-refractivity contribution in [2.24, 2.45) is 0 Å². The molecule has 0 unspecified atom stereocenters. The van der Waals surface area contributed by atoms with E-state index in [2.05, 4.69) is 56.4 Å². The van der Waals surface area contributed by atoms with Crippen LogP contribution in [0.4, 0.5) is 10.2 Å². The number of hydrogen-bond donors (Lipinski definition) is 1. The predicted octanol–water partition coefficient (Wildman–Crippen LogP) is 7.14. The second-order valence-electron chi connectivity index (χ2n) is 8.17. The molecule has 0 saturated carbocycles. The Bertz CT molecular complexity index is 1170. The highest BCUT2D eigenvalue weighted by Gasteiger charge is 2.12. The molecule has 0 fully saturated rings. The molecule has 166 valence electrons. The largest absolute Gasteiger partial charge is 0.463 e. The van der Waals surface area contributed by atoms with E-state index in [4.69, 9.17) is 14.7 Å². The van der Waals surface area contributed by atoms with Gasteiger partial charge in [-0.05, 0) is 54.7 Å². The molecular formula is C26H28FN3OS. The van der Waals surface area contributed by atoms with Crippen molar-refractivity contribution in [3.63, 3.8) is 0 Å². The van der Waals surface area contributed by atoms with Crippen LogP contribution in [0.3, 0.4) is 0 Å². The number of nitrogens with zero attached hydrogens (tertiary/aromatic N) is 2. The second-order valence-corrected chi connectivity index (χ2v) is 9.40. The third kappa shape index (κ3) is 5.25. The molecule has 2 aromatic heterocycles. The van der Waals surface area contributed by atoms with Gasteiger partial charge in [0.05, 0.1) is 5.39 Å². The zero-order chi connectivity index (χ0) is 22.5. The lowest BCUT2D eigenvalue weighted by Gasteiger charge is -2.11. The summed E-state index contributed by atoms with van der Waals surface area (Å²) in [7, 11) is 0. The van der Waals surface area contributed by atoms with Crippen LogP contribution in [0.5, 0.6) is 5.75 Å². The smallest absolute Gasteiger partial charge is 0.228 e. The van der Waals surface area contributed by atoms with Crippen molar-refractivity contribution in [1.29, 1.82) is 0 Å². The summed E-state index contributed by atoms with van der Waals surface area (Å²) in [5, 5.41) is 4.65. The Morgan fingerprint density at radius 2 is 1.69 bits per heavy atom. The van der Waals surface area contributed by atoms with Gasteiger partial charge in [0.15, 0.2) is 0 Å². The van der Waals surface area contributed by atoms with Gasteiger partial charge in [0, 0.05) is 17.3 Å². The zero-order valence-corrected chi connectivity index (χ0v) is 19.5. The Hall–Kier alpha value is -2.99. The Kier molecular flexibility index (Phi) is 7.00. The zero-order valence-electron chi connectivity index (χ0n) is 18.7. The van der Waals surface area contributed by atoms with Crippen LogP contribution in [0, 0.1) is 6.92 Å². The standard InChI is InChI=1S/C26H28FN3OS/c1-17(2)24-29-25(23-15-18(3)32-26(23)30-24)28-14-4-5-19-6-8-20(9-7-19)21-10-12-22(13-11-21)31-16-27/h6-13,15,17H,4-5,14,16H2,1-3H3,(H,28,29,30). The average Bonchev–Trinajstić information content (AvgIpc) is 3.18. The Morgan fingerprint density at radius 3 is 2.34 bits per heavy atom. The van der Waals surface area contributed by atoms with Crippen molar-refractivity contribution < 1.29 is 9.13 Å². The number of alkyl halides is 1. The number of rotatable bonds is 9. The summed E-state index contributed by atoms with van der Waals surface area (Å²) in [6, 6.07) is 18.2. The molecule has 0 aliphatic rings. The highest BCUT2D eigenvalue weighted by Crippen LogP contribution is 2.30. The van der Waals surface area contributed by atoms with Gasteiger partial charge in [-0.3, -0.25) is 0 Å². The van der Waals surface area contributed by atoms with Crippen molar-refractivity contribution >= 4 is 27.4 Å². The summed E-state index contributed by atoms with van der Waals surface area (Å²) in [5.41, 5.74) is 3.52. The molecule has 0 radical (unpaired) electrons. The normalized spacial score (nSPS) is 11.3. The molecule has 0 amide bonds. The molecule has 32 heavy (non-hydrogen) atoms. The predicted molar refractivity (Wildman–Crippen MR) is 132 cm³/mol. The number of halogens is 1. The molecular weight excluding hydrogens is 421 g/mol. The number of nitrogens with one attached hydrogen (secondary N) is 1. The molecule has 0 aliphatic carbocycles. The number of thiophene rings is 1. The highest BCUT2D eigenvalue weighted by molar-refractivity contribution is 7.18. The van der Waals surface area contributed by atoms with Gasteiger partial charge < -0.3 is 10.1 Å². The number of fused-ring (bicyclic) bond motifs is 1. The second kappa shape index (κ2) is 10.1. The van der Waals surface area contributed by atoms with Crippen molar-refractivity contribution in [3.05, 3.63) is 70.9 Å². The van der Waals surface area contributed by atoms with Crippen molar-refractivity contribution in [3.8, 4) is 16.9 Å². The maximum Gasteiger partial charge on any atom is 0.228 e. The third-order valence-corrected chi connectivity index (χ3v) is 6.29. The number of aryl methyl sites for hydroxylation is 2. The molecule has 1 N–H and O–H groups in total. The fraction of sp³-hybridized carbons (Fsp3) is 0.308. The number of ether oxygens (including phenoxy) is 1. The molecule has 0 saturated heterocycles. The molecule has 0 spiro atoms. The summed E-state index contributed by atoms with van der Waals surface area (Å²) >= 11 is 1.72. The van der Waals surface area contributed by atoms with Gasteiger partial charge in [0.25, 0.3) is 0 Å². The van der Waals surface area contributed by atoms with Gasteiger partial charge in [-0.15, -0.1) is 11.3 Å². The monoisotopic (exact) mass is 449 g/mol. The first kappa shape index (κ1) is 22.2. The van der Waals surface area contributed by atoms with E-state index in [9.17, 15) is 4.39 Å². The molecule has 0 bridgehead atoms. The number of hydrogen-bond acceptors (Lipinski definition) is 5. The van der Waals surface area contributed by atoms with E-state index in [1.165, 1.54) is 10.4 Å². The van der Waals surface area contributed by atoms with Crippen LogP contribution in [-0.4, -0.2) is 23.4 Å². The van der Waals surface area contributed by atoms with Crippen LogP contribution >= 0.6 is 11.3 Å². The van der Waals surface area contributed by atoms with Gasteiger partial charge in [-0.1, -0.05) is 50.2 Å². The minimum Gasteiger partial charge on any atom is -0.463 e. The molecule has 0 atom stereocenters. The van der Waals surface area contributed by atoms with Gasteiger partial charge >= 0.3 is 0 Å². The molecule has 4 rings (SSSR count). The summed E-state index contributed by atoms with van der Waals surface area (Å²) in [6.07, 6.45) is 2.00. The van der Waals surface area contributed by atoms with Crippen molar-refractivity contribution in [1.82, 2.24) is 9.97 Å². The lowest BCUT2D eigenvalue weighted by atomic mass is 10.0. The maximum absolute atomic E-state index is 12.3. The van der Waals surface area contributed by atoms with E-state index in [0.717, 1.165) is 52.4 Å². The number of anilines is 1. The summed E-state index contributed by atoms with van der Waals surface area (Å²) < 4.78 is 17.1. The van der Waals surface area contributed by atoms with Crippen LogP contribution in [-0.2, 0) is 6.42 Å². The molecule has 4 aromatic rings. The van der Waals surface area contributed by atoms with Crippen LogP contribution in [0.25, 0.3) is 21.3 Å². The molecule has 6 heteroatoms. The average molecular weight is 450 g/mol. The van der Waals surface area contributed by atoms with E-state index in [1.807, 2.05) is 12.1 Å². The van der Waals surface area contributed by atoms with E-state index < -0.39 is 6.86 Å². The van der Waals surface area contributed by atoms with Gasteiger partial charge in [-0.25, -0.2) is 14.4 Å². The van der Waals surface area contributed by atoms with E-state index in [1.54, 1.807) is 23.5 Å². The Morgan fingerprint density at radius 1 is 1.00 bits per heavy atom. The van der Waals surface area contributed by atoms with Gasteiger partial charge in [0.2, 0.25) is 6.86 Å². The summed E-state index contributed by atoms with van der Waals surface area (Å²) in [4.78, 5) is 11.8. The summed E-state index contributed by atoms with van der Waals surface area (Å²) in [5.74, 6) is 2.67. The van der Waals surface area contributed by atoms with E-state index in [0.29, 0.717) is 11.7 Å². The molecule has 2 aromatic carbocycles. The van der Waals surface area contributed by atoms with Crippen LogP contribution < -0.4 is 10.1 Å². The third-order valence-electron chi connectivity index (χ3n) is 5.35. The lowest BCUT2D eigenvalue weighted by molar-refractivity contribution is 0.192. The number of benzene rings is 2. The van der Waals surface area contributed by atoms with E-state index in [-0.39, 0.29) is 0 Å². The molecule has 4 nitrogen and oxygen atoms in total. The summed E-state index contributed by atoms with van der Waals surface area (Å²) in [6.45, 7) is 6.41. The Labute approximate surface area is 192 Å². The van der Waals surface area contributed by atoms with Crippen molar-refractivity contribution in [2.75, 3.05) is 18.7 Å². The molecule has 2 heterocycles. The Balaban J connectivity index is 1.35. The minimum absolute atomic E-state index is 0.299. The fourth-order valence-electron chi connectivity index (χ4n) is 3.62. The maximum atomic E-state index is 12.3. The fourth-order valence-corrected chi connectivity index (χ4v) is 4.51. The molecule has 0 aliphatic heterocycles.